The molecule has 0 radical (unpaired) electrons. The Labute approximate surface area is 323 Å². The second-order valence-electron chi connectivity index (χ2n) is 14.8. The first-order chi connectivity index (χ1) is 28.3. The number of rotatable bonds is 3. The molecule has 0 aliphatic carbocycles. The fraction of sp³-hybridized carbons (Fsp3) is 0. The zero-order valence-electron chi connectivity index (χ0n) is 30.0. The van der Waals surface area contributed by atoms with Crippen LogP contribution in [-0.2, 0) is 0 Å². The molecule has 11 heteroatoms. The fourth-order valence-electron chi connectivity index (χ4n) is 10.0. The maximum atomic E-state index is 5.15. The Morgan fingerprint density at radius 2 is 1.02 bits per heavy atom. The van der Waals surface area contributed by atoms with E-state index < -0.39 is 0 Å². The lowest BCUT2D eigenvalue weighted by Crippen LogP contribution is -2.59. The number of hydrogen-bond acceptors (Lipinski definition) is 6. The van der Waals surface area contributed by atoms with Crippen molar-refractivity contribution < 1.29 is 0 Å². The van der Waals surface area contributed by atoms with E-state index in [-0.39, 0.29) is 6.71 Å². The van der Waals surface area contributed by atoms with Crippen LogP contribution < -0.4 is 16.4 Å². The molecule has 14 rings (SSSR count). The van der Waals surface area contributed by atoms with Gasteiger partial charge in [0, 0.05) is 70.9 Å². The van der Waals surface area contributed by atoms with Crippen molar-refractivity contribution in [3.63, 3.8) is 0 Å². The molecule has 57 heavy (non-hydrogen) atoms. The Hall–Kier alpha value is -7.92. The van der Waals surface area contributed by atoms with E-state index in [9.17, 15) is 0 Å². The van der Waals surface area contributed by atoms with E-state index in [4.69, 9.17) is 29.9 Å². The number of fused-ring (bicyclic) bond motifs is 14. The fourth-order valence-corrected chi connectivity index (χ4v) is 10.0. The van der Waals surface area contributed by atoms with Gasteiger partial charge in [-0.1, -0.05) is 60.7 Å². The van der Waals surface area contributed by atoms with Crippen LogP contribution in [0.4, 0.5) is 0 Å². The van der Waals surface area contributed by atoms with Crippen LogP contribution in [-0.4, -0.2) is 54.9 Å². The number of pyridine rings is 2. The lowest BCUT2D eigenvalue weighted by molar-refractivity contribution is 1.03. The van der Waals surface area contributed by atoms with Gasteiger partial charge in [0.1, 0.15) is 22.3 Å². The molecule has 262 valence electrons. The molecular weight excluding hydrogens is 703 g/mol. The van der Waals surface area contributed by atoms with Gasteiger partial charge in [0.15, 0.2) is 11.3 Å². The first kappa shape index (κ1) is 29.4. The highest BCUT2D eigenvalue weighted by atomic mass is 15.2. The van der Waals surface area contributed by atoms with Crippen molar-refractivity contribution in [3.05, 3.63) is 152 Å². The Bertz CT molecular complexity index is 3470. The van der Waals surface area contributed by atoms with Gasteiger partial charge in [0.05, 0.1) is 33.0 Å². The average molecular weight is 729 g/mol. The third kappa shape index (κ3) is 3.53. The molecule has 0 amide bonds. The Balaban J connectivity index is 1.24. The lowest BCUT2D eigenvalue weighted by Gasteiger charge is -2.34. The smallest absolute Gasteiger partial charge is 0.252 e. The number of hydrogen-bond donors (Lipinski definition) is 0. The molecule has 0 unspecified atom stereocenters. The standard InChI is InChI=1S/C46H25BN10/c1-3-10-27(11-4-1)54-43-39(50-20-22-52-43)35-29-14-9-15-30-41(29)56(45(35)54)33-24-26(32-16-7-8-18-48-32)25-34-37(33)47(30)31-17-19-49-38-36-40-44(53-23-21-51-40)55(28-12-5-2-6-13-28)46(36)57(34)42(31)38/h1-25H. The van der Waals surface area contributed by atoms with Crippen molar-refractivity contribution in [1.82, 2.24) is 48.2 Å². The predicted octanol–water partition coefficient (Wildman–Crippen LogP) is 6.95. The number of aromatic nitrogens is 10. The molecule has 0 fully saturated rings. The van der Waals surface area contributed by atoms with Gasteiger partial charge in [-0.15, -0.1) is 0 Å². The van der Waals surface area contributed by atoms with Crippen LogP contribution in [0.3, 0.4) is 0 Å². The van der Waals surface area contributed by atoms with E-state index in [1.165, 1.54) is 21.9 Å². The van der Waals surface area contributed by atoms with Crippen LogP contribution in [0.25, 0.3) is 100 Å². The summed E-state index contributed by atoms with van der Waals surface area (Å²) >= 11 is 0. The second-order valence-corrected chi connectivity index (χ2v) is 14.8. The molecular formula is C46H25BN10. The molecule has 2 aliphatic rings. The van der Waals surface area contributed by atoms with Gasteiger partial charge in [0.2, 0.25) is 0 Å². The molecule has 10 nitrogen and oxygen atoms in total. The summed E-state index contributed by atoms with van der Waals surface area (Å²) in [7, 11) is 0. The summed E-state index contributed by atoms with van der Waals surface area (Å²) in [5.41, 5.74) is 18.2. The van der Waals surface area contributed by atoms with Crippen LogP contribution in [0, 0.1) is 0 Å². The van der Waals surface area contributed by atoms with Gasteiger partial charge in [-0.05, 0) is 71.0 Å². The van der Waals surface area contributed by atoms with Crippen molar-refractivity contribution in [2.24, 2.45) is 0 Å². The normalized spacial score (nSPS) is 12.9. The highest BCUT2D eigenvalue weighted by Crippen LogP contribution is 2.44. The molecule has 10 heterocycles. The van der Waals surface area contributed by atoms with E-state index in [2.05, 4.69) is 121 Å². The third-order valence-electron chi connectivity index (χ3n) is 12.0. The molecule has 12 aromatic rings. The number of para-hydroxylation sites is 3. The zero-order valence-corrected chi connectivity index (χ0v) is 30.0. The first-order valence-corrected chi connectivity index (χ1v) is 19.0. The summed E-state index contributed by atoms with van der Waals surface area (Å²) in [6, 6.07) is 40.7. The van der Waals surface area contributed by atoms with Gasteiger partial charge >= 0.3 is 0 Å². The van der Waals surface area contributed by atoms with Gasteiger partial charge in [-0.3, -0.25) is 38.2 Å². The van der Waals surface area contributed by atoms with E-state index in [0.717, 1.165) is 94.8 Å². The Morgan fingerprint density at radius 3 is 1.70 bits per heavy atom. The molecule has 0 bridgehead atoms. The summed E-state index contributed by atoms with van der Waals surface area (Å²) in [5, 5.41) is 3.21. The van der Waals surface area contributed by atoms with Gasteiger partial charge in [-0.2, -0.15) is 0 Å². The molecule has 0 saturated heterocycles. The molecule has 0 saturated carbocycles. The molecule has 2 aliphatic heterocycles. The highest BCUT2D eigenvalue weighted by Gasteiger charge is 2.43. The number of benzene rings is 4. The van der Waals surface area contributed by atoms with Crippen molar-refractivity contribution in [1.29, 1.82) is 0 Å². The summed E-state index contributed by atoms with van der Waals surface area (Å²) in [5.74, 6) is 0. The average Bonchev–Trinajstić information content (AvgIpc) is 4.00. The largest absolute Gasteiger partial charge is 0.296 e. The third-order valence-corrected chi connectivity index (χ3v) is 12.0. The summed E-state index contributed by atoms with van der Waals surface area (Å²) in [4.78, 5) is 30.0. The van der Waals surface area contributed by atoms with E-state index in [1.54, 1.807) is 24.8 Å². The van der Waals surface area contributed by atoms with E-state index in [0.29, 0.717) is 0 Å². The molecule has 0 N–H and O–H groups in total. The Morgan fingerprint density at radius 1 is 0.421 bits per heavy atom. The first-order valence-electron chi connectivity index (χ1n) is 19.0. The molecule has 4 aromatic carbocycles. The maximum Gasteiger partial charge on any atom is 0.252 e. The summed E-state index contributed by atoms with van der Waals surface area (Å²) in [6.07, 6.45) is 11.0. The van der Waals surface area contributed by atoms with Crippen molar-refractivity contribution >= 4 is 89.4 Å². The van der Waals surface area contributed by atoms with Crippen LogP contribution in [0.5, 0.6) is 0 Å². The minimum atomic E-state index is -0.0787. The highest BCUT2D eigenvalue weighted by molar-refractivity contribution is 7.00. The number of nitrogens with zero attached hydrogens (tertiary/aromatic N) is 10. The van der Waals surface area contributed by atoms with Crippen LogP contribution in [0.15, 0.2) is 152 Å². The lowest BCUT2D eigenvalue weighted by atomic mass is 9.34. The molecule has 0 spiro atoms. The van der Waals surface area contributed by atoms with Crippen LogP contribution in [0.1, 0.15) is 0 Å². The van der Waals surface area contributed by atoms with E-state index >= 15 is 0 Å². The molecule has 8 aromatic heterocycles. The minimum Gasteiger partial charge on any atom is -0.296 e. The van der Waals surface area contributed by atoms with Crippen molar-refractivity contribution in [2.75, 3.05) is 0 Å². The Kier molecular flexibility index (Phi) is 5.39. The second kappa shape index (κ2) is 10.4. The summed E-state index contributed by atoms with van der Waals surface area (Å²) in [6.45, 7) is -0.0787. The van der Waals surface area contributed by atoms with E-state index in [1.807, 2.05) is 24.5 Å². The minimum absolute atomic E-state index is 0.0787. The van der Waals surface area contributed by atoms with Gasteiger partial charge in [0.25, 0.3) is 6.71 Å². The van der Waals surface area contributed by atoms with Gasteiger partial charge < -0.3 is 0 Å². The zero-order chi connectivity index (χ0) is 36.9. The maximum absolute atomic E-state index is 5.15. The molecule has 0 atom stereocenters. The van der Waals surface area contributed by atoms with Crippen molar-refractivity contribution in [2.45, 2.75) is 0 Å². The van der Waals surface area contributed by atoms with Crippen molar-refractivity contribution in [3.8, 4) is 34.0 Å². The van der Waals surface area contributed by atoms with Gasteiger partial charge in [-0.25, -0.2) is 9.97 Å². The quantitative estimate of drug-likeness (QED) is 0.183. The summed E-state index contributed by atoms with van der Waals surface area (Å²) < 4.78 is 9.42. The van der Waals surface area contributed by atoms with Crippen LogP contribution >= 0.6 is 0 Å². The SMILES string of the molecule is c1ccc(-n2c3nccnc3c3c4cccc5c4n(c32)-c2cc(-c3ccccn3)cc3c2B5c2ccnc4c5c6nccnc6n(-c6ccccc6)c5n-3c24)cc1. The monoisotopic (exact) mass is 728 g/mol. The van der Waals surface area contributed by atoms with Crippen LogP contribution in [0.2, 0.25) is 0 Å². The topological polar surface area (TPSA) is 97.1 Å². The predicted molar refractivity (Wildman–Crippen MR) is 226 cm³/mol.